The zero-order valence-corrected chi connectivity index (χ0v) is 20.0. The van der Waals surface area contributed by atoms with E-state index in [2.05, 4.69) is 40.1 Å². The summed E-state index contributed by atoms with van der Waals surface area (Å²) in [6.45, 7) is 6.11. The van der Waals surface area contributed by atoms with Crippen molar-refractivity contribution in [3.8, 4) is 0 Å². The van der Waals surface area contributed by atoms with Crippen LogP contribution in [0.2, 0.25) is 0 Å². The van der Waals surface area contributed by atoms with E-state index in [1.54, 1.807) is 11.8 Å². The van der Waals surface area contributed by atoms with Crippen LogP contribution in [0.15, 0.2) is 65.6 Å². The Bertz CT molecular complexity index is 952. The third-order valence-electron chi connectivity index (χ3n) is 7.64. The third kappa shape index (κ3) is 5.28. The zero-order valence-electron chi connectivity index (χ0n) is 19.2. The zero-order chi connectivity index (χ0) is 22.7. The van der Waals surface area contributed by atoms with Crippen molar-refractivity contribution in [2.45, 2.75) is 30.7 Å². The first-order chi connectivity index (χ1) is 16.1. The minimum absolute atomic E-state index is 0.154. The van der Waals surface area contributed by atoms with Crippen LogP contribution < -0.4 is 0 Å². The number of likely N-dealkylation sites (tertiary alicyclic amines) is 1. The van der Waals surface area contributed by atoms with Crippen LogP contribution in [0.25, 0.3) is 0 Å². The molecule has 1 unspecified atom stereocenters. The van der Waals surface area contributed by atoms with Crippen molar-refractivity contribution in [2.75, 3.05) is 45.0 Å². The van der Waals surface area contributed by atoms with E-state index in [1.165, 1.54) is 5.56 Å². The van der Waals surface area contributed by atoms with E-state index < -0.39 is 0 Å². The van der Waals surface area contributed by atoms with Crippen molar-refractivity contribution < 1.29 is 9.59 Å². The fraction of sp³-hybridized carbons (Fsp3) is 0.481. The summed E-state index contributed by atoms with van der Waals surface area (Å²) >= 11 is 1.61. The molecular weight excluding hydrogens is 430 g/mol. The Balaban J connectivity index is 1.05. The van der Waals surface area contributed by atoms with Crippen LogP contribution >= 0.6 is 11.8 Å². The number of carbonyl (C=O) groups is 2. The van der Waals surface area contributed by atoms with Crippen molar-refractivity contribution in [2.24, 2.45) is 11.3 Å². The Labute approximate surface area is 201 Å². The molecule has 2 amide bonds. The maximum Gasteiger partial charge on any atom is 0.232 e. The van der Waals surface area contributed by atoms with E-state index in [4.69, 9.17) is 0 Å². The predicted octanol–water partition coefficient (Wildman–Crippen LogP) is 3.75. The highest BCUT2D eigenvalue weighted by atomic mass is 32.2. The number of hydrogen-bond donors (Lipinski definition) is 0. The Morgan fingerprint density at radius 2 is 1.45 bits per heavy atom. The fourth-order valence-corrected chi connectivity index (χ4v) is 6.21. The van der Waals surface area contributed by atoms with Crippen molar-refractivity contribution in [1.82, 2.24) is 14.7 Å². The van der Waals surface area contributed by atoms with Gasteiger partial charge in [-0.05, 0) is 42.4 Å². The van der Waals surface area contributed by atoms with Gasteiger partial charge in [0.15, 0.2) is 0 Å². The van der Waals surface area contributed by atoms with Gasteiger partial charge in [-0.25, -0.2) is 0 Å². The molecule has 33 heavy (non-hydrogen) atoms. The molecule has 0 aromatic heterocycles. The van der Waals surface area contributed by atoms with Crippen molar-refractivity contribution in [3.05, 3.63) is 66.2 Å². The van der Waals surface area contributed by atoms with Gasteiger partial charge in [-0.1, -0.05) is 48.5 Å². The normalized spacial score (nSPS) is 22.4. The topological polar surface area (TPSA) is 43.9 Å². The predicted molar refractivity (Wildman–Crippen MR) is 132 cm³/mol. The summed E-state index contributed by atoms with van der Waals surface area (Å²) in [5.74, 6) is 1.24. The van der Waals surface area contributed by atoms with E-state index in [0.29, 0.717) is 11.7 Å². The fourth-order valence-electron chi connectivity index (χ4n) is 5.39. The summed E-state index contributed by atoms with van der Waals surface area (Å²) in [6.07, 6.45) is 2.95. The molecule has 1 aliphatic carbocycles. The first kappa shape index (κ1) is 22.5. The molecular formula is C27H33N3O2S. The number of piperidine rings is 1. The van der Waals surface area contributed by atoms with E-state index >= 15 is 0 Å². The highest BCUT2D eigenvalue weighted by molar-refractivity contribution is 8.00. The summed E-state index contributed by atoms with van der Waals surface area (Å²) in [6, 6.07) is 20.7. The standard InChI is InChI=1S/C27H33N3O2S/c31-25(21-33-23-9-5-2-6-10-23)29-13-11-27(12-14-29)19-24(27)26(32)30-17-15-28(16-18-30)20-22-7-3-1-4-8-22/h1-10,24H,11-21H2. The molecule has 0 N–H and O–H groups in total. The van der Waals surface area contributed by atoms with Crippen molar-refractivity contribution in [3.63, 3.8) is 0 Å². The van der Waals surface area contributed by atoms with Gasteiger partial charge in [-0.3, -0.25) is 14.5 Å². The summed E-state index contributed by atoms with van der Waals surface area (Å²) in [4.78, 5) is 33.5. The molecule has 2 aromatic rings. The van der Waals surface area contributed by atoms with E-state index in [-0.39, 0.29) is 17.2 Å². The van der Waals surface area contributed by atoms with Crippen LogP contribution in [0.5, 0.6) is 0 Å². The van der Waals surface area contributed by atoms with Crippen LogP contribution in [-0.4, -0.2) is 71.5 Å². The molecule has 2 saturated heterocycles. The lowest BCUT2D eigenvalue weighted by Crippen LogP contribution is -2.49. The molecule has 0 bridgehead atoms. The number of rotatable bonds is 6. The van der Waals surface area contributed by atoms with Gasteiger partial charge in [0.25, 0.3) is 0 Å². The highest BCUT2D eigenvalue weighted by Crippen LogP contribution is 2.60. The number of nitrogens with zero attached hydrogens (tertiary/aromatic N) is 3. The van der Waals surface area contributed by atoms with Crippen LogP contribution in [0.3, 0.4) is 0 Å². The summed E-state index contributed by atoms with van der Waals surface area (Å²) in [5, 5.41) is 0. The Morgan fingerprint density at radius 3 is 2.12 bits per heavy atom. The van der Waals surface area contributed by atoms with Gasteiger partial charge in [-0.15, -0.1) is 11.8 Å². The molecule has 5 rings (SSSR count). The number of amides is 2. The molecule has 0 radical (unpaired) electrons. The lowest BCUT2D eigenvalue weighted by molar-refractivity contribution is -0.135. The Hall–Kier alpha value is -2.31. The summed E-state index contributed by atoms with van der Waals surface area (Å²) in [5.41, 5.74) is 1.49. The van der Waals surface area contributed by atoms with Gasteiger partial charge >= 0.3 is 0 Å². The van der Waals surface area contributed by atoms with Gasteiger partial charge < -0.3 is 9.80 Å². The van der Waals surface area contributed by atoms with Gasteiger partial charge in [-0.2, -0.15) is 0 Å². The van der Waals surface area contributed by atoms with Crippen molar-refractivity contribution in [1.29, 1.82) is 0 Å². The van der Waals surface area contributed by atoms with Crippen LogP contribution in [0, 0.1) is 11.3 Å². The molecule has 1 spiro atoms. The van der Waals surface area contributed by atoms with E-state index in [9.17, 15) is 9.59 Å². The Morgan fingerprint density at radius 1 is 0.818 bits per heavy atom. The highest BCUT2D eigenvalue weighted by Gasteiger charge is 2.59. The van der Waals surface area contributed by atoms with Crippen LogP contribution in [0.4, 0.5) is 0 Å². The molecule has 3 fully saturated rings. The molecule has 6 heteroatoms. The van der Waals surface area contributed by atoms with E-state index in [1.807, 2.05) is 35.2 Å². The quantitative estimate of drug-likeness (QED) is 0.612. The second kappa shape index (κ2) is 9.90. The molecule has 2 aliphatic heterocycles. The van der Waals surface area contributed by atoms with Gasteiger partial charge in [0.1, 0.15) is 0 Å². The second-order valence-corrected chi connectivity index (χ2v) is 10.7. The monoisotopic (exact) mass is 463 g/mol. The molecule has 1 saturated carbocycles. The molecule has 2 aromatic carbocycles. The van der Waals surface area contributed by atoms with Gasteiger partial charge in [0.05, 0.1) is 5.75 Å². The molecule has 5 nitrogen and oxygen atoms in total. The molecule has 2 heterocycles. The average Bonchev–Trinajstić information content (AvgIpc) is 3.57. The molecule has 3 aliphatic rings. The summed E-state index contributed by atoms with van der Waals surface area (Å²) < 4.78 is 0. The Kier molecular flexibility index (Phi) is 6.74. The SMILES string of the molecule is O=C(CSc1ccccc1)N1CCC2(CC1)CC2C(=O)N1CCN(Cc2ccccc2)CC1. The average molecular weight is 464 g/mol. The number of thioether (sulfide) groups is 1. The second-order valence-electron chi connectivity index (χ2n) is 9.69. The lowest BCUT2D eigenvalue weighted by Gasteiger charge is -2.36. The minimum Gasteiger partial charge on any atom is -0.342 e. The number of carbonyl (C=O) groups excluding carboxylic acids is 2. The number of hydrogen-bond acceptors (Lipinski definition) is 4. The van der Waals surface area contributed by atoms with Crippen molar-refractivity contribution >= 4 is 23.6 Å². The van der Waals surface area contributed by atoms with Gasteiger partial charge in [0, 0.05) is 56.6 Å². The summed E-state index contributed by atoms with van der Waals surface area (Å²) in [7, 11) is 0. The lowest BCUT2D eigenvalue weighted by atomic mass is 9.90. The maximum absolute atomic E-state index is 13.2. The maximum atomic E-state index is 13.2. The third-order valence-corrected chi connectivity index (χ3v) is 8.64. The van der Waals surface area contributed by atoms with E-state index in [0.717, 1.165) is 70.0 Å². The minimum atomic E-state index is 0.154. The van der Waals surface area contributed by atoms with Gasteiger partial charge in [0.2, 0.25) is 11.8 Å². The molecule has 1 atom stereocenters. The smallest absolute Gasteiger partial charge is 0.232 e. The van der Waals surface area contributed by atoms with Crippen LogP contribution in [0.1, 0.15) is 24.8 Å². The largest absolute Gasteiger partial charge is 0.342 e. The molecule has 174 valence electrons. The number of benzene rings is 2. The first-order valence-electron chi connectivity index (χ1n) is 12.1. The first-order valence-corrected chi connectivity index (χ1v) is 13.1. The number of piperazine rings is 1. The van der Waals surface area contributed by atoms with Crippen LogP contribution in [-0.2, 0) is 16.1 Å².